The lowest BCUT2D eigenvalue weighted by molar-refractivity contribution is 0.467. The minimum absolute atomic E-state index is 0.0418. The van der Waals surface area contributed by atoms with Gasteiger partial charge in [0, 0.05) is 18.0 Å². The quantitative estimate of drug-likeness (QED) is 0.344. The Labute approximate surface area is 222 Å². The second-order valence-corrected chi connectivity index (χ2v) is 10.8. The van der Waals surface area contributed by atoms with Crippen LogP contribution in [0.4, 0.5) is 5.82 Å². The van der Waals surface area contributed by atoms with Crippen molar-refractivity contribution in [2.45, 2.75) is 53.5 Å². The van der Waals surface area contributed by atoms with Crippen LogP contribution in [0.2, 0.25) is 0 Å². The lowest BCUT2D eigenvalue weighted by atomic mass is 9.94. The molecule has 9 nitrogen and oxygen atoms in total. The number of sulfonamides is 1. The molecule has 0 bridgehead atoms. The molecule has 0 amide bonds. The van der Waals surface area contributed by atoms with E-state index in [1.54, 1.807) is 19.1 Å². The highest BCUT2D eigenvalue weighted by molar-refractivity contribution is 7.92. The average molecular weight is 529 g/mol. The highest BCUT2D eigenvalue weighted by Crippen LogP contribution is 2.39. The van der Waals surface area contributed by atoms with Gasteiger partial charge >= 0.3 is 0 Å². The van der Waals surface area contributed by atoms with Crippen LogP contribution in [0.15, 0.2) is 41.7 Å². The fourth-order valence-corrected chi connectivity index (χ4v) is 4.96. The first-order valence-electron chi connectivity index (χ1n) is 11.9. The Morgan fingerprint density at radius 1 is 0.842 bits per heavy atom. The zero-order valence-corrected chi connectivity index (χ0v) is 23.1. The van der Waals surface area contributed by atoms with Gasteiger partial charge in [0.1, 0.15) is 17.5 Å². The van der Waals surface area contributed by atoms with E-state index in [1.807, 2.05) is 40.7 Å². The van der Waals surface area contributed by atoms with Crippen molar-refractivity contribution in [3.8, 4) is 29.0 Å². The number of anilines is 1. The SMILES string of the molecule is Cc1ccc(S(=O)(=O)Nc2nc(-c3ccnc(C#N)c3)nc(C)c2Oc2c(C)c(C)c(C)c(C)c2C)nc1. The molecule has 194 valence electrons. The lowest BCUT2D eigenvalue weighted by Gasteiger charge is -2.21. The summed E-state index contributed by atoms with van der Waals surface area (Å²) in [4.78, 5) is 17.2. The minimum atomic E-state index is -4.11. The molecule has 3 aromatic heterocycles. The van der Waals surface area contributed by atoms with Gasteiger partial charge < -0.3 is 4.74 Å². The van der Waals surface area contributed by atoms with Crippen LogP contribution in [0.5, 0.6) is 11.5 Å². The number of nitriles is 1. The van der Waals surface area contributed by atoms with E-state index in [2.05, 4.69) is 31.6 Å². The summed E-state index contributed by atoms with van der Waals surface area (Å²) >= 11 is 0. The van der Waals surface area contributed by atoms with E-state index < -0.39 is 10.0 Å². The number of nitrogens with one attached hydrogen (secondary N) is 1. The lowest BCUT2D eigenvalue weighted by Crippen LogP contribution is -2.17. The van der Waals surface area contributed by atoms with E-state index >= 15 is 0 Å². The minimum Gasteiger partial charge on any atom is -0.451 e. The molecule has 0 fully saturated rings. The van der Waals surface area contributed by atoms with Crippen molar-refractivity contribution in [3.05, 3.63) is 81.4 Å². The summed E-state index contributed by atoms with van der Waals surface area (Å²) < 4.78 is 35.6. The Morgan fingerprint density at radius 3 is 2.11 bits per heavy atom. The molecule has 0 atom stereocenters. The van der Waals surface area contributed by atoms with E-state index in [1.165, 1.54) is 30.1 Å². The van der Waals surface area contributed by atoms with Crippen molar-refractivity contribution >= 4 is 15.8 Å². The highest BCUT2D eigenvalue weighted by Gasteiger charge is 2.24. The van der Waals surface area contributed by atoms with Crippen LogP contribution < -0.4 is 9.46 Å². The standard InChI is InChI=1S/C28H28N6O3S/c1-15-8-9-24(31-14-15)38(35,36)34-28-26(37-25-19(5)17(3)16(2)18(4)20(25)6)21(7)32-27(33-28)22-10-11-30-23(12-22)13-29/h8-12,14H,1-7H3,(H,32,33,34). The number of benzene rings is 1. The van der Waals surface area contributed by atoms with Gasteiger partial charge in [0.25, 0.3) is 10.0 Å². The summed E-state index contributed by atoms with van der Waals surface area (Å²) in [6, 6.07) is 8.27. The molecule has 4 aromatic rings. The van der Waals surface area contributed by atoms with Gasteiger partial charge in [0.15, 0.2) is 22.4 Å². The number of aryl methyl sites for hydroxylation is 2. The summed E-state index contributed by atoms with van der Waals surface area (Å²) in [6.45, 7) is 13.6. The molecule has 3 heterocycles. The summed E-state index contributed by atoms with van der Waals surface area (Å²) in [6.07, 6.45) is 2.95. The first-order chi connectivity index (χ1) is 17.9. The van der Waals surface area contributed by atoms with Crippen LogP contribution in [0.1, 0.15) is 44.8 Å². The number of hydrogen-bond donors (Lipinski definition) is 1. The Kier molecular flexibility index (Phi) is 7.16. The molecular formula is C28H28N6O3S. The fourth-order valence-electron chi connectivity index (χ4n) is 4.03. The van der Waals surface area contributed by atoms with E-state index in [9.17, 15) is 13.7 Å². The van der Waals surface area contributed by atoms with Gasteiger partial charge in [-0.15, -0.1) is 0 Å². The molecule has 0 unspecified atom stereocenters. The van der Waals surface area contributed by atoms with Gasteiger partial charge in [0.2, 0.25) is 0 Å². The Morgan fingerprint density at radius 2 is 1.50 bits per heavy atom. The second-order valence-electron chi connectivity index (χ2n) is 9.19. The summed E-state index contributed by atoms with van der Waals surface area (Å²) in [5.41, 5.74) is 7.17. The number of nitrogens with zero attached hydrogens (tertiary/aromatic N) is 5. The first-order valence-corrected chi connectivity index (χ1v) is 13.4. The molecule has 38 heavy (non-hydrogen) atoms. The number of hydrogen-bond acceptors (Lipinski definition) is 8. The molecule has 0 aliphatic rings. The normalized spacial score (nSPS) is 11.2. The van der Waals surface area contributed by atoms with E-state index in [-0.39, 0.29) is 28.1 Å². The van der Waals surface area contributed by atoms with Gasteiger partial charge in [-0.3, -0.25) is 4.72 Å². The molecule has 4 rings (SSSR count). The topological polar surface area (TPSA) is 131 Å². The van der Waals surface area contributed by atoms with Gasteiger partial charge in [0.05, 0.1) is 5.69 Å². The Bertz CT molecular complexity index is 1680. The van der Waals surface area contributed by atoms with E-state index in [4.69, 9.17) is 4.74 Å². The number of aromatic nitrogens is 4. The molecule has 0 radical (unpaired) electrons. The van der Waals surface area contributed by atoms with Gasteiger partial charge in [-0.1, -0.05) is 6.07 Å². The monoisotopic (exact) mass is 528 g/mol. The summed E-state index contributed by atoms with van der Waals surface area (Å²) in [5.74, 6) is 0.968. The van der Waals surface area contributed by atoms with Crippen LogP contribution in [0.25, 0.3) is 11.4 Å². The van der Waals surface area contributed by atoms with Gasteiger partial charge in [-0.05, 0) is 100 Å². The molecule has 1 aromatic carbocycles. The Balaban J connectivity index is 1.91. The summed E-state index contributed by atoms with van der Waals surface area (Å²) in [5, 5.41) is 9.11. The van der Waals surface area contributed by atoms with Crippen molar-refractivity contribution < 1.29 is 13.2 Å². The smallest absolute Gasteiger partial charge is 0.280 e. The van der Waals surface area contributed by atoms with Gasteiger partial charge in [-0.25, -0.2) is 19.9 Å². The van der Waals surface area contributed by atoms with Crippen molar-refractivity contribution in [3.63, 3.8) is 0 Å². The zero-order valence-electron chi connectivity index (χ0n) is 22.3. The maximum Gasteiger partial charge on any atom is 0.280 e. The van der Waals surface area contributed by atoms with Crippen LogP contribution in [0.3, 0.4) is 0 Å². The molecule has 0 aliphatic heterocycles. The third kappa shape index (κ3) is 5.06. The second kappa shape index (κ2) is 10.2. The largest absolute Gasteiger partial charge is 0.451 e. The predicted molar refractivity (Wildman–Crippen MR) is 145 cm³/mol. The van der Waals surface area contributed by atoms with Crippen LogP contribution in [0, 0.1) is 59.8 Å². The highest BCUT2D eigenvalue weighted by atomic mass is 32.2. The van der Waals surface area contributed by atoms with Gasteiger partial charge in [-0.2, -0.15) is 13.7 Å². The number of ether oxygens (including phenoxy) is 1. The van der Waals surface area contributed by atoms with Crippen molar-refractivity contribution in [2.75, 3.05) is 4.72 Å². The zero-order chi connectivity index (χ0) is 27.8. The molecule has 0 saturated heterocycles. The third-order valence-corrected chi connectivity index (χ3v) is 7.95. The summed E-state index contributed by atoms with van der Waals surface area (Å²) in [7, 11) is -4.11. The van der Waals surface area contributed by atoms with E-state index in [0.717, 1.165) is 27.8 Å². The molecule has 1 N–H and O–H groups in total. The molecule has 0 aliphatic carbocycles. The Hall–Kier alpha value is -4.36. The molecular weight excluding hydrogens is 500 g/mol. The fraction of sp³-hybridized carbons (Fsp3) is 0.250. The third-order valence-electron chi connectivity index (χ3n) is 6.69. The maximum atomic E-state index is 13.3. The van der Waals surface area contributed by atoms with Crippen LogP contribution in [-0.2, 0) is 10.0 Å². The molecule has 0 spiro atoms. The molecule has 10 heteroatoms. The number of rotatable bonds is 6. The van der Waals surface area contributed by atoms with E-state index in [0.29, 0.717) is 17.0 Å². The molecule has 0 saturated carbocycles. The number of pyridine rings is 2. The maximum absolute atomic E-state index is 13.3. The average Bonchev–Trinajstić information content (AvgIpc) is 2.90. The first kappa shape index (κ1) is 26.7. The predicted octanol–water partition coefficient (Wildman–Crippen LogP) is 5.56. The van der Waals surface area contributed by atoms with Crippen LogP contribution in [-0.4, -0.2) is 28.4 Å². The van der Waals surface area contributed by atoms with Crippen molar-refractivity contribution in [2.24, 2.45) is 0 Å². The van der Waals surface area contributed by atoms with Crippen molar-refractivity contribution in [1.29, 1.82) is 5.26 Å². The van der Waals surface area contributed by atoms with Crippen molar-refractivity contribution in [1.82, 2.24) is 19.9 Å². The van der Waals surface area contributed by atoms with Crippen LogP contribution >= 0.6 is 0 Å².